The molecule has 0 saturated heterocycles. The zero-order valence-corrected chi connectivity index (χ0v) is 11.0. The number of fused-ring (bicyclic) bond motifs is 2. The van der Waals surface area contributed by atoms with Crippen LogP contribution in [0.4, 0.5) is 5.69 Å². The summed E-state index contributed by atoms with van der Waals surface area (Å²) in [4.78, 5) is 8.13. The number of nitrogens with one attached hydrogen (secondary N) is 1. The van der Waals surface area contributed by atoms with Gasteiger partial charge in [0.05, 0.1) is 11.2 Å². The molecule has 2 aliphatic carbocycles. The van der Waals surface area contributed by atoms with Crippen molar-refractivity contribution in [2.24, 2.45) is 11.8 Å². The molecular weight excluding hydrogens is 278 g/mol. The van der Waals surface area contributed by atoms with Crippen molar-refractivity contribution in [2.45, 2.75) is 25.2 Å². The molecule has 88 valence electrons. The van der Waals surface area contributed by atoms with Crippen LogP contribution in [0, 0.1) is 11.8 Å². The third kappa shape index (κ3) is 1.50. The Morgan fingerprint density at radius 1 is 1.24 bits per heavy atom. The molecule has 0 amide bonds. The van der Waals surface area contributed by atoms with Gasteiger partial charge in [-0.2, -0.15) is 0 Å². The fourth-order valence-electron chi connectivity index (χ4n) is 3.26. The normalized spacial score (nSPS) is 30.8. The summed E-state index contributed by atoms with van der Waals surface area (Å²) < 4.78 is 1.01. The van der Waals surface area contributed by atoms with Crippen LogP contribution in [0.25, 0.3) is 11.0 Å². The first-order chi connectivity index (χ1) is 8.20. The van der Waals surface area contributed by atoms with Gasteiger partial charge in [0.1, 0.15) is 11.3 Å². The van der Waals surface area contributed by atoms with E-state index in [9.17, 15) is 0 Å². The van der Waals surface area contributed by atoms with Gasteiger partial charge in [0.25, 0.3) is 0 Å². The topological polar surface area (TPSA) is 54.7 Å². The van der Waals surface area contributed by atoms with E-state index in [1.54, 1.807) is 0 Å². The fraction of sp³-hybridized carbons (Fsp3) is 0.462. The van der Waals surface area contributed by atoms with Gasteiger partial charge in [-0.05, 0) is 43.2 Å². The van der Waals surface area contributed by atoms with Crippen molar-refractivity contribution in [3.8, 4) is 0 Å². The molecule has 3 N–H and O–H groups in total. The number of benzene rings is 1. The van der Waals surface area contributed by atoms with E-state index < -0.39 is 0 Å². The maximum atomic E-state index is 5.99. The lowest BCUT2D eigenvalue weighted by Crippen LogP contribution is -1.97. The van der Waals surface area contributed by atoms with E-state index in [2.05, 4.69) is 32.0 Å². The standard InChI is InChI=1S/C13H14BrN3/c14-9-4-10(15)12-11(5-9)16-13(17-12)8-2-6-1-7(6)3-8/h4-8H,1-3,15H2,(H,16,17). The van der Waals surface area contributed by atoms with Gasteiger partial charge in [-0.1, -0.05) is 15.9 Å². The summed E-state index contributed by atoms with van der Waals surface area (Å²) in [6, 6.07) is 3.97. The molecule has 0 radical (unpaired) electrons. The van der Waals surface area contributed by atoms with Crippen LogP contribution in [0.2, 0.25) is 0 Å². The Morgan fingerprint density at radius 3 is 2.76 bits per heavy atom. The molecule has 2 fully saturated rings. The van der Waals surface area contributed by atoms with Crippen LogP contribution in [0.5, 0.6) is 0 Å². The first-order valence-corrected chi connectivity index (χ1v) is 6.94. The number of imidazole rings is 1. The Balaban J connectivity index is 1.79. The summed E-state index contributed by atoms with van der Waals surface area (Å²) in [6.45, 7) is 0. The van der Waals surface area contributed by atoms with Crippen LogP contribution in [-0.4, -0.2) is 9.97 Å². The predicted octanol–water partition coefficient (Wildman–Crippen LogP) is 3.42. The van der Waals surface area contributed by atoms with Crippen molar-refractivity contribution in [2.75, 3.05) is 5.73 Å². The molecule has 2 aromatic rings. The van der Waals surface area contributed by atoms with E-state index in [1.165, 1.54) is 19.3 Å². The zero-order chi connectivity index (χ0) is 11.6. The van der Waals surface area contributed by atoms with Crippen molar-refractivity contribution < 1.29 is 0 Å². The SMILES string of the molecule is Nc1cc(Br)cc2[nH]c(C3CC4CC4C3)nc12. The van der Waals surface area contributed by atoms with Crippen LogP contribution in [-0.2, 0) is 0 Å². The number of aromatic nitrogens is 2. The van der Waals surface area contributed by atoms with Gasteiger partial charge in [0.15, 0.2) is 0 Å². The van der Waals surface area contributed by atoms with E-state index in [-0.39, 0.29) is 0 Å². The highest BCUT2D eigenvalue weighted by molar-refractivity contribution is 9.10. The van der Waals surface area contributed by atoms with Crippen molar-refractivity contribution in [1.29, 1.82) is 0 Å². The summed E-state index contributed by atoms with van der Waals surface area (Å²) >= 11 is 3.46. The Morgan fingerprint density at radius 2 is 2.00 bits per heavy atom. The van der Waals surface area contributed by atoms with E-state index in [0.717, 1.165) is 38.9 Å². The van der Waals surface area contributed by atoms with Gasteiger partial charge in [-0.3, -0.25) is 0 Å². The van der Waals surface area contributed by atoms with Crippen molar-refractivity contribution >= 4 is 32.7 Å². The van der Waals surface area contributed by atoms with E-state index in [1.807, 2.05) is 6.07 Å². The molecule has 1 heterocycles. The average Bonchev–Trinajstić information content (AvgIpc) is 2.76. The van der Waals surface area contributed by atoms with Crippen LogP contribution >= 0.6 is 15.9 Å². The highest BCUT2D eigenvalue weighted by atomic mass is 79.9. The Labute approximate surface area is 108 Å². The second-order valence-corrected chi connectivity index (χ2v) is 6.35. The number of anilines is 1. The van der Waals surface area contributed by atoms with Gasteiger partial charge in [0.2, 0.25) is 0 Å². The minimum absolute atomic E-state index is 0.629. The molecule has 17 heavy (non-hydrogen) atoms. The lowest BCUT2D eigenvalue weighted by molar-refractivity contribution is 0.597. The Hall–Kier alpha value is -1.03. The Kier molecular flexibility index (Phi) is 1.90. The van der Waals surface area contributed by atoms with Crippen molar-refractivity contribution in [3.05, 3.63) is 22.4 Å². The molecule has 2 aliphatic rings. The molecule has 4 heteroatoms. The molecule has 4 rings (SSSR count). The van der Waals surface area contributed by atoms with E-state index in [0.29, 0.717) is 5.92 Å². The molecule has 0 bridgehead atoms. The summed E-state index contributed by atoms with van der Waals surface area (Å²) in [6.07, 6.45) is 4.07. The quantitative estimate of drug-likeness (QED) is 0.791. The molecule has 0 spiro atoms. The largest absolute Gasteiger partial charge is 0.397 e. The Bertz CT molecular complexity index is 594. The van der Waals surface area contributed by atoms with Crippen LogP contribution in [0.15, 0.2) is 16.6 Å². The second-order valence-electron chi connectivity index (χ2n) is 5.44. The smallest absolute Gasteiger partial charge is 0.112 e. The van der Waals surface area contributed by atoms with Crippen molar-refractivity contribution in [3.63, 3.8) is 0 Å². The van der Waals surface area contributed by atoms with Crippen LogP contribution < -0.4 is 5.73 Å². The predicted molar refractivity (Wildman–Crippen MR) is 71.8 cm³/mol. The number of nitrogen functional groups attached to an aromatic ring is 1. The maximum Gasteiger partial charge on any atom is 0.112 e. The first kappa shape index (κ1) is 9.95. The number of nitrogens with zero attached hydrogens (tertiary/aromatic N) is 1. The van der Waals surface area contributed by atoms with Gasteiger partial charge in [-0.25, -0.2) is 4.98 Å². The molecule has 1 aromatic heterocycles. The van der Waals surface area contributed by atoms with Gasteiger partial charge < -0.3 is 10.7 Å². The molecule has 3 nitrogen and oxygen atoms in total. The van der Waals surface area contributed by atoms with E-state index in [4.69, 9.17) is 5.73 Å². The monoisotopic (exact) mass is 291 g/mol. The van der Waals surface area contributed by atoms with Gasteiger partial charge in [-0.15, -0.1) is 0 Å². The summed E-state index contributed by atoms with van der Waals surface area (Å²) in [5.74, 6) is 3.73. The minimum atomic E-state index is 0.629. The molecule has 2 unspecified atom stereocenters. The third-order valence-electron chi connectivity index (χ3n) is 4.23. The van der Waals surface area contributed by atoms with Crippen molar-refractivity contribution in [1.82, 2.24) is 9.97 Å². The lowest BCUT2D eigenvalue weighted by atomic mass is 10.0. The van der Waals surface area contributed by atoms with Gasteiger partial charge >= 0.3 is 0 Å². The molecule has 2 saturated carbocycles. The molecule has 0 aliphatic heterocycles. The van der Waals surface area contributed by atoms with E-state index >= 15 is 0 Å². The van der Waals surface area contributed by atoms with Crippen LogP contribution in [0.1, 0.15) is 31.0 Å². The third-order valence-corrected chi connectivity index (χ3v) is 4.69. The second kappa shape index (κ2) is 3.25. The zero-order valence-electron chi connectivity index (χ0n) is 9.41. The number of hydrogen-bond donors (Lipinski definition) is 2. The number of halogens is 1. The lowest BCUT2D eigenvalue weighted by Gasteiger charge is -2.06. The highest BCUT2D eigenvalue weighted by Crippen LogP contribution is 2.57. The van der Waals surface area contributed by atoms with Crippen LogP contribution in [0.3, 0.4) is 0 Å². The minimum Gasteiger partial charge on any atom is -0.397 e. The number of nitrogens with two attached hydrogens (primary N) is 1. The number of H-pyrrole nitrogens is 1. The summed E-state index contributed by atoms with van der Waals surface area (Å²) in [5.41, 5.74) is 8.71. The van der Waals surface area contributed by atoms with Gasteiger partial charge in [0, 0.05) is 10.4 Å². The molecular formula is C13H14BrN3. The first-order valence-electron chi connectivity index (χ1n) is 6.15. The number of rotatable bonds is 1. The molecule has 1 aromatic carbocycles. The highest BCUT2D eigenvalue weighted by Gasteiger charge is 2.47. The summed E-state index contributed by atoms with van der Waals surface area (Å²) in [7, 11) is 0. The number of aromatic amines is 1. The fourth-order valence-corrected chi connectivity index (χ4v) is 3.73. The summed E-state index contributed by atoms with van der Waals surface area (Å²) in [5, 5.41) is 0. The average molecular weight is 292 g/mol. The number of hydrogen-bond acceptors (Lipinski definition) is 2. The molecule has 2 atom stereocenters. The maximum absolute atomic E-state index is 5.99.